The molecule has 1 aliphatic carbocycles. The molecule has 1 saturated carbocycles. The van der Waals surface area contributed by atoms with Crippen LogP contribution in [0.5, 0.6) is 0 Å². The van der Waals surface area contributed by atoms with Gasteiger partial charge in [0, 0.05) is 19.4 Å². The van der Waals surface area contributed by atoms with E-state index in [1.165, 1.54) is 11.1 Å². The van der Waals surface area contributed by atoms with Crippen LogP contribution in [0.25, 0.3) is 0 Å². The van der Waals surface area contributed by atoms with Crippen molar-refractivity contribution in [1.82, 2.24) is 0 Å². The van der Waals surface area contributed by atoms with Crippen molar-refractivity contribution in [3.8, 4) is 0 Å². The first-order chi connectivity index (χ1) is 14.0. The Bertz CT molecular complexity index is 722. The number of aliphatic carboxylic acids is 1. The molecule has 0 heterocycles. The summed E-state index contributed by atoms with van der Waals surface area (Å²) in [5, 5.41) is 17.9. The number of ether oxygens (including phenoxy) is 1. The zero-order valence-corrected chi connectivity index (χ0v) is 17.1. The number of aryl methyl sites for hydroxylation is 1. The first kappa shape index (κ1) is 23.0. The second-order valence-corrected chi connectivity index (χ2v) is 7.63. The molecule has 0 aromatic heterocycles. The van der Waals surface area contributed by atoms with Gasteiger partial charge in [-0.05, 0) is 55.6 Å². The van der Waals surface area contributed by atoms with E-state index in [0.29, 0.717) is 31.7 Å². The number of rotatable bonds is 12. The standard InChI is InChI=1S/C24H32O5/c1-29-17-19-10-7-9-18(16-19)8-5-6-11-20-14-15-22(25)21(20)12-3-2-4-13-23(26)24(27)28/h2-3,6-7,9-11,16,20-21,23,26H,4-5,8,12-15,17H2,1H3,(H,27,28)/t20-,21+,23?/m0/s1. The van der Waals surface area contributed by atoms with Crippen molar-refractivity contribution in [2.75, 3.05) is 7.11 Å². The summed E-state index contributed by atoms with van der Waals surface area (Å²) in [4.78, 5) is 22.8. The average Bonchev–Trinajstić information content (AvgIpc) is 3.05. The summed E-state index contributed by atoms with van der Waals surface area (Å²) in [5.74, 6) is -0.601. The molecule has 3 atom stereocenters. The molecule has 5 nitrogen and oxygen atoms in total. The van der Waals surface area contributed by atoms with Crippen molar-refractivity contribution in [3.05, 3.63) is 59.7 Å². The van der Waals surface area contributed by atoms with Crippen LogP contribution in [0.3, 0.4) is 0 Å². The van der Waals surface area contributed by atoms with Gasteiger partial charge in [-0.1, -0.05) is 48.6 Å². The summed E-state index contributed by atoms with van der Waals surface area (Å²) < 4.78 is 5.18. The molecule has 29 heavy (non-hydrogen) atoms. The lowest BCUT2D eigenvalue weighted by molar-refractivity contribution is -0.146. The van der Waals surface area contributed by atoms with E-state index in [0.717, 1.165) is 19.3 Å². The number of benzene rings is 1. The molecule has 0 saturated heterocycles. The van der Waals surface area contributed by atoms with Gasteiger partial charge in [0.1, 0.15) is 5.78 Å². The second-order valence-electron chi connectivity index (χ2n) is 7.63. The molecular weight excluding hydrogens is 368 g/mol. The third-order valence-electron chi connectivity index (χ3n) is 5.39. The fourth-order valence-electron chi connectivity index (χ4n) is 3.77. The number of carbonyl (C=O) groups is 2. The molecule has 0 spiro atoms. The Kier molecular flexibility index (Phi) is 9.81. The number of hydrogen-bond acceptors (Lipinski definition) is 4. The number of methoxy groups -OCH3 is 1. The molecule has 1 aliphatic rings. The lowest BCUT2D eigenvalue weighted by Gasteiger charge is -2.12. The van der Waals surface area contributed by atoms with Crippen LogP contribution in [0.15, 0.2) is 48.6 Å². The van der Waals surface area contributed by atoms with Gasteiger partial charge in [-0.15, -0.1) is 0 Å². The summed E-state index contributed by atoms with van der Waals surface area (Å²) in [6.45, 7) is 0.623. The molecule has 0 radical (unpaired) electrons. The van der Waals surface area contributed by atoms with E-state index in [1.54, 1.807) is 7.11 Å². The first-order valence-corrected chi connectivity index (χ1v) is 10.3. The Morgan fingerprint density at radius 2 is 2.03 bits per heavy atom. The number of Topliss-reactive ketones (excluding diaryl/α,β-unsaturated/α-hetero) is 1. The molecule has 1 aromatic rings. The van der Waals surface area contributed by atoms with Crippen molar-refractivity contribution >= 4 is 11.8 Å². The van der Waals surface area contributed by atoms with E-state index < -0.39 is 12.1 Å². The fraction of sp³-hybridized carbons (Fsp3) is 0.500. The smallest absolute Gasteiger partial charge is 0.332 e. The van der Waals surface area contributed by atoms with Crippen LogP contribution in [0.4, 0.5) is 0 Å². The Morgan fingerprint density at radius 3 is 2.79 bits per heavy atom. The average molecular weight is 401 g/mol. The van der Waals surface area contributed by atoms with Crippen LogP contribution in [0, 0.1) is 11.8 Å². The Morgan fingerprint density at radius 1 is 1.24 bits per heavy atom. The van der Waals surface area contributed by atoms with Crippen LogP contribution in [0.1, 0.15) is 49.7 Å². The highest BCUT2D eigenvalue weighted by atomic mass is 16.5. The van der Waals surface area contributed by atoms with E-state index in [2.05, 4.69) is 36.4 Å². The highest BCUT2D eigenvalue weighted by Gasteiger charge is 2.31. The third-order valence-corrected chi connectivity index (χ3v) is 5.39. The third kappa shape index (κ3) is 7.95. The van der Waals surface area contributed by atoms with E-state index in [4.69, 9.17) is 9.84 Å². The minimum Gasteiger partial charge on any atom is -0.479 e. The largest absolute Gasteiger partial charge is 0.479 e. The van der Waals surface area contributed by atoms with Gasteiger partial charge in [0.05, 0.1) is 6.61 Å². The number of hydrogen-bond donors (Lipinski definition) is 2. The molecule has 1 aromatic carbocycles. The minimum atomic E-state index is -1.32. The Balaban J connectivity index is 1.77. The van der Waals surface area contributed by atoms with Gasteiger partial charge in [-0.25, -0.2) is 4.79 Å². The molecule has 2 rings (SSSR count). The van der Waals surface area contributed by atoms with Crippen molar-refractivity contribution in [2.45, 2.75) is 57.7 Å². The summed E-state index contributed by atoms with van der Waals surface area (Å²) in [5.41, 5.74) is 2.47. The molecule has 158 valence electrons. The maximum Gasteiger partial charge on any atom is 0.332 e. The van der Waals surface area contributed by atoms with Gasteiger partial charge in [0.25, 0.3) is 0 Å². The minimum absolute atomic E-state index is 0.0110. The maximum absolute atomic E-state index is 12.2. The number of allylic oxidation sites excluding steroid dienone is 4. The number of carboxylic acid groups (broad SMARTS) is 1. The lowest BCUT2D eigenvalue weighted by Crippen LogP contribution is -2.18. The van der Waals surface area contributed by atoms with Crippen molar-refractivity contribution in [3.63, 3.8) is 0 Å². The monoisotopic (exact) mass is 400 g/mol. The van der Waals surface area contributed by atoms with Gasteiger partial charge >= 0.3 is 5.97 Å². The van der Waals surface area contributed by atoms with Gasteiger partial charge in [-0.3, -0.25) is 4.79 Å². The summed E-state index contributed by atoms with van der Waals surface area (Å²) in [6, 6.07) is 8.42. The highest BCUT2D eigenvalue weighted by molar-refractivity contribution is 5.83. The molecule has 0 amide bonds. The van der Waals surface area contributed by atoms with Gasteiger partial charge in [0.2, 0.25) is 0 Å². The molecule has 0 bridgehead atoms. The van der Waals surface area contributed by atoms with E-state index in [1.807, 2.05) is 12.2 Å². The van der Waals surface area contributed by atoms with Crippen LogP contribution in [-0.2, 0) is 27.4 Å². The summed E-state index contributed by atoms with van der Waals surface area (Å²) in [7, 11) is 1.70. The molecule has 5 heteroatoms. The first-order valence-electron chi connectivity index (χ1n) is 10.3. The summed E-state index contributed by atoms with van der Waals surface area (Å²) in [6.07, 6.45) is 11.7. The number of aliphatic hydroxyl groups excluding tert-OH is 1. The molecular formula is C24H32O5. The second kappa shape index (κ2) is 12.3. The SMILES string of the molecule is COCc1cccc(CCC=C[C@H]2CCC(=O)[C@@H]2CC=CCCC(O)C(=O)O)c1. The van der Waals surface area contributed by atoms with E-state index in [-0.39, 0.29) is 18.3 Å². The fourth-order valence-corrected chi connectivity index (χ4v) is 3.77. The molecule has 0 aliphatic heterocycles. The zero-order valence-electron chi connectivity index (χ0n) is 17.1. The quantitative estimate of drug-likeness (QED) is 0.516. The van der Waals surface area contributed by atoms with E-state index in [9.17, 15) is 14.7 Å². The lowest BCUT2D eigenvalue weighted by atomic mass is 9.91. The summed E-state index contributed by atoms with van der Waals surface area (Å²) >= 11 is 0. The number of carboxylic acids is 1. The normalized spacial score (nSPS) is 20.7. The Labute approximate surface area is 173 Å². The molecule has 2 N–H and O–H groups in total. The highest BCUT2D eigenvalue weighted by Crippen LogP contribution is 2.33. The predicted molar refractivity (Wildman–Crippen MR) is 112 cm³/mol. The molecule has 1 fully saturated rings. The van der Waals surface area contributed by atoms with Crippen molar-refractivity contribution < 1.29 is 24.5 Å². The Hall–Kier alpha value is -2.24. The van der Waals surface area contributed by atoms with Gasteiger partial charge in [0.15, 0.2) is 6.10 Å². The number of carbonyl (C=O) groups excluding carboxylic acids is 1. The zero-order chi connectivity index (χ0) is 21.1. The van der Waals surface area contributed by atoms with Crippen LogP contribution >= 0.6 is 0 Å². The van der Waals surface area contributed by atoms with Gasteiger partial charge in [-0.2, -0.15) is 0 Å². The van der Waals surface area contributed by atoms with Crippen molar-refractivity contribution in [1.29, 1.82) is 0 Å². The van der Waals surface area contributed by atoms with E-state index >= 15 is 0 Å². The van der Waals surface area contributed by atoms with Crippen LogP contribution < -0.4 is 0 Å². The number of aliphatic hydroxyl groups is 1. The van der Waals surface area contributed by atoms with Gasteiger partial charge < -0.3 is 14.9 Å². The maximum atomic E-state index is 12.2. The van der Waals surface area contributed by atoms with Crippen LogP contribution in [-0.4, -0.2) is 35.2 Å². The van der Waals surface area contributed by atoms with Crippen molar-refractivity contribution in [2.24, 2.45) is 11.8 Å². The van der Waals surface area contributed by atoms with Crippen LogP contribution in [0.2, 0.25) is 0 Å². The topological polar surface area (TPSA) is 83.8 Å². The predicted octanol–water partition coefficient (Wildman–Crippen LogP) is 4.09. The number of ketones is 1. The molecule has 1 unspecified atom stereocenters.